The predicted octanol–water partition coefficient (Wildman–Crippen LogP) is 3.25. The summed E-state index contributed by atoms with van der Waals surface area (Å²) in [4.78, 5) is 5.44. The molecule has 0 N–H and O–H groups in total. The standard InChI is InChI=1S/C10H15NS/c1-8-4-6-10(7-5-8)12-9(2)11-3/h4,6-8H,5H2,1-3H3. The van der Waals surface area contributed by atoms with Gasteiger partial charge >= 0.3 is 0 Å². The molecular weight excluding hydrogens is 166 g/mol. The van der Waals surface area contributed by atoms with Crippen LogP contribution in [0.2, 0.25) is 0 Å². The maximum absolute atomic E-state index is 4.11. The van der Waals surface area contributed by atoms with Gasteiger partial charge in [0, 0.05) is 12.0 Å². The molecule has 0 heterocycles. The van der Waals surface area contributed by atoms with E-state index in [-0.39, 0.29) is 0 Å². The van der Waals surface area contributed by atoms with Gasteiger partial charge in [-0.05, 0) is 19.3 Å². The molecule has 0 saturated carbocycles. The molecule has 0 amide bonds. The van der Waals surface area contributed by atoms with Crippen molar-refractivity contribution in [1.82, 2.24) is 0 Å². The van der Waals surface area contributed by atoms with Crippen molar-refractivity contribution >= 4 is 16.8 Å². The highest BCUT2D eigenvalue weighted by Crippen LogP contribution is 2.25. The summed E-state index contributed by atoms with van der Waals surface area (Å²) in [6.45, 7) is 4.27. The molecule has 0 bridgehead atoms. The van der Waals surface area contributed by atoms with Gasteiger partial charge in [0.05, 0.1) is 5.04 Å². The van der Waals surface area contributed by atoms with E-state index in [0.29, 0.717) is 5.92 Å². The molecule has 1 aliphatic rings. The van der Waals surface area contributed by atoms with Gasteiger partial charge in [0.2, 0.25) is 0 Å². The van der Waals surface area contributed by atoms with E-state index in [1.54, 1.807) is 11.8 Å². The molecule has 12 heavy (non-hydrogen) atoms. The molecule has 1 rings (SSSR count). The number of thioether (sulfide) groups is 1. The van der Waals surface area contributed by atoms with Gasteiger partial charge in [-0.25, -0.2) is 0 Å². The van der Waals surface area contributed by atoms with Crippen LogP contribution in [-0.2, 0) is 0 Å². The maximum Gasteiger partial charge on any atom is 0.0688 e. The number of hydrogen-bond acceptors (Lipinski definition) is 2. The molecule has 1 nitrogen and oxygen atoms in total. The average molecular weight is 181 g/mol. The van der Waals surface area contributed by atoms with Gasteiger partial charge in [0.1, 0.15) is 0 Å². The molecule has 0 saturated heterocycles. The van der Waals surface area contributed by atoms with Crippen molar-refractivity contribution in [3.05, 3.63) is 23.1 Å². The van der Waals surface area contributed by atoms with Crippen molar-refractivity contribution < 1.29 is 0 Å². The summed E-state index contributed by atoms with van der Waals surface area (Å²) < 4.78 is 0. The fourth-order valence-electron chi connectivity index (χ4n) is 1.000. The summed E-state index contributed by atoms with van der Waals surface area (Å²) in [6, 6.07) is 0. The van der Waals surface area contributed by atoms with Crippen LogP contribution in [0, 0.1) is 5.92 Å². The zero-order valence-corrected chi connectivity index (χ0v) is 8.69. The first-order chi connectivity index (χ1) is 5.72. The molecule has 1 aliphatic carbocycles. The summed E-state index contributed by atoms with van der Waals surface area (Å²) in [5.74, 6) is 0.702. The van der Waals surface area contributed by atoms with Crippen LogP contribution in [0.15, 0.2) is 28.1 Å². The minimum absolute atomic E-state index is 0.702. The maximum atomic E-state index is 4.11. The third-order valence-electron chi connectivity index (χ3n) is 1.86. The topological polar surface area (TPSA) is 12.4 Å². The van der Waals surface area contributed by atoms with Crippen LogP contribution < -0.4 is 0 Å². The monoisotopic (exact) mass is 181 g/mol. The van der Waals surface area contributed by atoms with E-state index < -0.39 is 0 Å². The lowest BCUT2D eigenvalue weighted by molar-refractivity contribution is 0.735. The minimum atomic E-state index is 0.702. The first kappa shape index (κ1) is 9.59. The fraction of sp³-hybridized carbons (Fsp3) is 0.500. The molecule has 0 aromatic carbocycles. The fourth-order valence-corrected chi connectivity index (χ4v) is 1.76. The third kappa shape index (κ3) is 2.86. The minimum Gasteiger partial charge on any atom is -0.286 e. The highest BCUT2D eigenvalue weighted by Gasteiger charge is 2.04. The van der Waals surface area contributed by atoms with Crippen molar-refractivity contribution in [1.29, 1.82) is 0 Å². The van der Waals surface area contributed by atoms with Crippen LogP contribution in [0.5, 0.6) is 0 Å². The van der Waals surface area contributed by atoms with Crippen molar-refractivity contribution in [2.24, 2.45) is 10.9 Å². The quantitative estimate of drug-likeness (QED) is 0.447. The number of nitrogens with zero attached hydrogens (tertiary/aromatic N) is 1. The lowest BCUT2D eigenvalue weighted by Gasteiger charge is -2.10. The van der Waals surface area contributed by atoms with Gasteiger partial charge in [0.15, 0.2) is 0 Å². The Morgan fingerprint density at radius 1 is 1.67 bits per heavy atom. The van der Waals surface area contributed by atoms with Crippen molar-refractivity contribution in [2.75, 3.05) is 7.05 Å². The Bertz CT molecular complexity index is 238. The highest BCUT2D eigenvalue weighted by molar-refractivity contribution is 8.17. The number of rotatable bonds is 1. The van der Waals surface area contributed by atoms with Crippen LogP contribution in [0.1, 0.15) is 20.3 Å². The third-order valence-corrected chi connectivity index (χ3v) is 2.88. The largest absolute Gasteiger partial charge is 0.286 e. The summed E-state index contributed by atoms with van der Waals surface area (Å²) in [6.07, 6.45) is 7.89. The summed E-state index contributed by atoms with van der Waals surface area (Å²) >= 11 is 1.75. The molecule has 1 atom stereocenters. The number of aliphatic imine (C=N–C) groups is 1. The Labute approximate surface area is 78.7 Å². The molecule has 0 spiro atoms. The highest BCUT2D eigenvalue weighted by atomic mass is 32.2. The second-order valence-electron chi connectivity index (χ2n) is 3.02. The molecule has 1 unspecified atom stereocenters. The Balaban J connectivity index is 2.51. The van der Waals surface area contributed by atoms with E-state index in [4.69, 9.17) is 0 Å². The van der Waals surface area contributed by atoms with Crippen LogP contribution in [0.25, 0.3) is 0 Å². The van der Waals surface area contributed by atoms with Crippen LogP contribution in [-0.4, -0.2) is 12.1 Å². The van der Waals surface area contributed by atoms with E-state index in [1.807, 2.05) is 14.0 Å². The lowest BCUT2D eigenvalue weighted by atomic mass is 10.0. The SMILES string of the molecule is CN=C(C)SC1=CCC(C)C=C1. The van der Waals surface area contributed by atoms with Crippen LogP contribution in [0.3, 0.4) is 0 Å². The van der Waals surface area contributed by atoms with Crippen molar-refractivity contribution in [3.8, 4) is 0 Å². The normalized spacial score (nSPS) is 24.1. The van der Waals surface area contributed by atoms with Crippen molar-refractivity contribution in [3.63, 3.8) is 0 Å². The van der Waals surface area contributed by atoms with Crippen molar-refractivity contribution in [2.45, 2.75) is 20.3 Å². The van der Waals surface area contributed by atoms with E-state index in [2.05, 4.69) is 30.1 Å². The molecule has 0 fully saturated rings. The molecule has 2 heteroatoms. The molecule has 0 radical (unpaired) electrons. The first-order valence-corrected chi connectivity index (χ1v) is 5.03. The Morgan fingerprint density at radius 3 is 2.92 bits per heavy atom. The van der Waals surface area contributed by atoms with Gasteiger partial charge in [-0.1, -0.05) is 36.9 Å². The van der Waals surface area contributed by atoms with E-state index >= 15 is 0 Å². The van der Waals surface area contributed by atoms with Gasteiger partial charge in [-0.15, -0.1) is 0 Å². The Hall–Kier alpha value is -0.500. The van der Waals surface area contributed by atoms with Gasteiger partial charge in [0.25, 0.3) is 0 Å². The Morgan fingerprint density at radius 2 is 2.42 bits per heavy atom. The van der Waals surface area contributed by atoms with Gasteiger partial charge < -0.3 is 0 Å². The van der Waals surface area contributed by atoms with Gasteiger partial charge in [-0.3, -0.25) is 4.99 Å². The lowest BCUT2D eigenvalue weighted by Crippen LogP contribution is -1.93. The molecule has 66 valence electrons. The van der Waals surface area contributed by atoms with Crippen LogP contribution >= 0.6 is 11.8 Å². The second kappa shape index (κ2) is 4.51. The molecule has 0 aromatic heterocycles. The first-order valence-electron chi connectivity index (χ1n) is 4.22. The average Bonchev–Trinajstić information content (AvgIpc) is 2.09. The van der Waals surface area contributed by atoms with E-state index in [9.17, 15) is 0 Å². The molecule has 0 aliphatic heterocycles. The molecule has 0 aromatic rings. The predicted molar refractivity (Wildman–Crippen MR) is 57.6 cm³/mol. The zero-order chi connectivity index (χ0) is 8.97. The summed E-state index contributed by atoms with van der Waals surface area (Å²) in [5.41, 5.74) is 0. The van der Waals surface area contributed by atoms with Crippen LogP contribution in [0.4, 0.5) is 0 Å². The Kier molecular flexibility index (Phi) is 3.60. The summed E-state index contributed by atoms with van der Waals surface area (Å²) in [7, 11) is 1.83. The van der Waals surface area contributed by atoms with E-state index in [0.717, 1.165) is 11.5 Å². The number of hydrogen-bond donors (Lipinski definition) is 0. The zero-order valence-electron chi connectivity index (χ0n) is 7.87. The molecular formula is C10H15NS. The summed E-state index contributed by atoms with van der Waals surface area (Å²) in [5, 5.41) is 1.13. The number of allylic oxidation sites excluding steroid dienone is 3. The van der Waals surface area contributed by atoms with E-state index in [1.165, 1.54) is 4.91 Å². The smallest absolute Gasteiger partial charge is 0.0688 e. The second-order valence-corrected chi connectivity index (χ2v) is 4.29. The van der Waals surface area contributed by atoms with Gasteiger partial charge in [-0.2, -0.15) is 0 Å².